The molecule has 0 aromatic heterocycles. The first-order valence-corrected chi connectivity index (χ1v) is 11.8. The van der Waals surface area contributed by atoms with Crippen LogP contribution < -0.4 is 9.47 Å². The van der Waals surface area contributed by atoms with Crippen LogP contribution in [0.25, 0.3) is 0 Å². The summed E-state index contributed by atoms with van der Waals surface area (Å²) in [7, 11) is 3.22. The van der Waals surface area contributed by atoms with Gasteiger partial charge in [0.2, 0.25) is 5.91 Å². The predicted octanol–water partition coefficient (Wildman–Crippen LogP) is 4.95. The molecule has 2 aromatic carbocycles. The minimum Gasteiger partial charge on any atom is -0.493 e. The van der Waals surface area contributed by atoms with Crippen molar-refractivity contribution in [2.24, 2.45) is 5.41 Å². The number of halogens is 1. The SMILES string of the molecule is CCOC(=O)C1(CC(=O)N2CCc3cc(OC)c(OC)cc3C2c2ccc(Cl)cc2)CCC1. The van der Waals surface area contributed by atoms with Crippen molar-refractivity contribution in [3.05, 3.63) is 58.1 Å². The summed E-state index contributed by atoms with van der Waals surface area (Å²) in [6.45, 7) is 2.67. The molecule has 7 heteroatoms. The molecule has 1 atom stereocenters. The molecule has 1 aliphatic carbocycles. The van der Waals surface area contributed by atoms with Crippen LogP contribution in [0.4, 0.5) is 0 Å². The van der Waals surface area contributed by atoms with Crippen LogP contribution in [0.3, 0.4) is 0 Å². The Morgan fingerprint density at radius 2 is 1.76 bits per heavy atom. The molecule has 1 amide bonds. The highest BCUT2D eigenvalue weighted by Gasteiger charge is 2.48. The van der Waals surface area contributed by atoms with Gasteiger partial charge in [0.1, 0.15) is 0 Å². The quantitative estimate of drug-likeness (QED) is 0.534. The lowest BCUT2D eigenvalue weighted by Crippen LogP contribution is -2.47. The highest BCUT2D eigenvalue weighted by atomic mass is 35.5. The van der Waals surface area contributed by atoms with E-state index in [2.05, 4.69) is 0 Å². The Kier molecular flexibility index (Phi) is 6.84. The predicted molar refractivity (Wildman–Crippen MR) is 126 cm³/mol. The Bertz CT molecular complexity index is 1030. The lowest BCUT2D eigenvalue weighted by atomic mass is 9.66. The third-order valence-electron chi connectivity index (χ3n) is 6.89. The average molecular weight is 472 g/mol. The van der Waals surface area contributed by atoms with Crippen molar-refractivity contribution >= 4 is 23.5 Å². The number of benzene rings is 2. The standard InChI is InChI=1S/C26H30ClNO5/c1-4-33-25(30)26(11-5-12-26)16-23(29)28-13-10-18-14-21(31-2)22(32-3)15-20(18)24(28)17-6-8-19(27)9-7-17/h6-9,14-15,24H,4-5,10-13,16H2,1-3H3. The third-order valence-corrected chi connectivity index (χ3v) is 7.14. The molecule has 33 heavy (non-hydrogen) atoms. The molecule has 6 nitrogen and oxygen atoms in total. The number of carbonyl (C=O) groups is 2. The van der Waals surface area contributed by atoms with E-state index in [1.807, 2.05) is 41.3 Å². The van der Waals surface area contributed by atoms with E-state index >= 15 is 0 Å². The summed E-state index contributed by atoms with van der Waals surface area (Å²) in [6.07, 6.45) is 3.18. The van der Waals surface area contributed by atoms with E-state index in [9.17, 15) is 9.59 Å². The van der Waals surface area contributed by atoms with E-state index in [4.69, 9.17) is 25.8 Å². The summed E-state index contributed by atoms with van der Waals surface area (Å²) < 4.78 is 16.4. The highest BCUT2D eigenvalue weighted by Crippen LogP contribution is 2.47. The van der Waals surface area contributed by atoms with Crippen LogP contribution in [0.5, 0.6) is 11.5 Å². The second-order valence-corrected chi connectivity index (χ2v) is 9.16. The molecule has 2 aromatic rings. The molecule has 0 saturated heterocycles. The molecule has 1 fully saturated rings. The van der Waals surface area contributed by atoms with Crippen LogP contribution in [0.15, 0.2) is 36.4 Å². The summed E-state index contributed by atoms with van der Waals surface area (Å²) in [5.41, 5.74) is 2.36. The first-order valence-electron chi connectivity index (χ1n) is 11.4. The van der Waals surface area contributed by atoms with Crippen molar-refractivity contribution in [3.8, 4) is 11.5 Å². The van der Waals surface area contributed by atoms with E-state index in [-0.39, 0.29) is 24.3 Å². The molecule has 0 bridgehead atoms. The maximum absolute atomic E-state index is 13.7. The fourth-order valence-electron chi connectivity index (χ4n) is 4.95. The zero-order valence-corrected chi connectivity index (χ0v) is 20.1. The van der Waals surface area contributed by atoms with Crippen LogP contribution in [0, 0.1) is 5.41 Å². The van der Waals surface area contributed by atoms with Gasteiger partial charge in [-0.25, -0.2) is 0 Å². The summed E-state index contributed by atoms with van der Waals surface area (Å²) in [6, 6.07) is 11.2. The first-order chi connectivity index (χ1) is 15.9. The molecule has 4 rings (SSSR count). The second kappa shape index (κ2) is 9.64. The lowest BCUT2D eigenvalue weighted by molar-refractivity contribution is -0.165. The number of nitrogens with zero attached hydrogens (tertiary/aromatic N) is 1. The first kappa shape index (κ1) is 23.4. The molecule has 1 unspecified atom stereocenters. The van der Waals surface area contributed by atoms with Crippen molar-refractivity contribution in [2.75, 3.05) is 27.4 Å². The molecule has 1 heterocycles. The normalized spacial score (nSPS) is 18.7. The van der Waals surface area contributed by atoms with Gasteiger partial charge in [-0.05, 0) is 67.1 Å². The maximum atomic E-state index is 13.7. The molecule has 0 radical (unpaired) electrons. The Balaban J connectivity index is 1.72. The molecule has 176 valence electrons. The number of rotatable bonds is 7. The number of fused-ring (bicyclic) bond motifs is 1. The number of hydrogen-bond acceptors (Lipinski definition) is 5. The number of ether oxygens (including phenoxy) is 3. The minimum atomic E-state index is -0.699. The maximum Gasteiger partial charge on any atom is 0.312 e. The average Bonchev–Trinajstić information content (AvgIpc) is 2.80. The van der Waals surface area contributed by atoms with Crippen molar-refractivity contribution in [1.29, 1.82) is 0 Å². The Morgan fingerprint density at radius 3 is 2.33 bits per heavy atom. The number of amides is 1. The highest BCUT2D eigenvalue weighted by molar-refractivity contribution is 6.30. The zero-order valence-electron chi connectivity index (χ0n) is 19.4. The number of hydrogen-bond donors (Lipinski definition) is 0. The summed E-state index contributed by atoms with van der Waals surface area (Å²) in [5.74, 6) is 0.993. The lowest BCUT2D eigenvalue weighted by Gasteiger charge is -2.43. The van der Waals surface area contributed by atoms with E-state index in [0.29, 0.717) is 48.9 Å². The number of carbonyl (C=O) groups excluding carboxylic acids is 2. The third kappa shape index (κ3) is 4.41. The largest absolute Gasteiger partial charge is 0.493 e. The van der Waals surface area contributed by atoms with Gasteiger partial charge in [0.25, 0.3) is 0 Å². The van der Waals surface area contributed by atoms with Gasteiger partial charge in [0.05, 0.1) is 32.3 Å². The molecule has 0 spiro atoms. The Morgan fingerprint density at radius 1 is 1.09 bits per heavy atom. The molecule has 0 N–H and O–H groups in total. The topological polar surface area (TPSA) is 65.1 Å². The van der Waals surface area contributed by atoms with E-state index in [0.717, 1.165) is 23.1 Å². The van der Waals surface area contributed by atoms with Crippen LogP contribution in [-0.4, -0.2) is 44.1 Å². The van der Waals surface area contributed by atoms with Crippen LogP contribution in [-0.2, 0) is 20.7 Å². The van der Waals surface area contributed by atoms with Gasteiger partial charge in [0.15, 0.2) is 11.5 Å². The molecular weight excluding hydrogens is 442 g/mol. The van der Waals surface area contributed by atoms with E-state index in [1.54, 1.807) is 21.1 Å². The smallest absolute Gasteiger partial charge is 0.312 e. The van der Waals surface area contributed by atoms with E-state index < -0.39 is 5.41 Å². The van der Waals surface area contributed by atoms with Crippen molar-refractivity contribution in [2.45, 2.75) is 45.1 Å². The van der Waals surface area contributed by atoms with Gasteiger partial charge in [-0.3, -0.25) is 9.59 Å². The van der Waals surface area contributed by atoms with Crippen LogP contribution in [0.2, 0.25) is 5.02 Å². The molecule has 1 saturated carbocycles. The van der Waals surface area contributed by atoms with Gasteiger partial charge < -0.3 is 19.1 Å². The van der Waals surface area contributed by atoms with Crippen LogP contribution in [0.1, 0.15) is 55.3 Å². The Labute approximate surface area is 199 Å². The minimum absolute atomic E-state index is 0.0388. The summed E-state index contributed by atoms with van der Waals surface area (Å²) >= 11 is 6.15. The van der Waals surface area contributed by atoms with Crippen LogP contribution >= 0.6 is 11.6 Å². The van der Waals surface area contributed by atoms with Crippen molar-refractivity contribution in [3.63, 3.8) is 0 Å². The van der Waals surface area contributed by atoms with Gasteiger partial charge >= 0.3 is 5.97 Å². The van der Waals surface area contributed by atoms with Crippen molar-refractivity contribution in [1.82, 2.24) is 4.90 Å². The van der Waals surface area contributed by atoms with E-state index in [1.165, 1.54) is 0 Å². The molecule has 1 aliphatic heterocycles. The number of methoxy groups -OCH3 is 2. The molecular formula is C26H30ClNO5. The summed E-state index contributed by atoms with van der Waals surface area (Å²) in [5, 5.41) is 0.635. The monoisotopic (exact) mass is 471 g/mol. The van der Waals surface area contributed by atoms with Gasteiger partial charge in [-0.1, -0.05) is 30.2 Å². The Hall–Kier alpha value is -2.73. The fourth-order valence-corrected chi connectivity index (χ4v) is 5.08. The molecule has 2 aliphatic rings. The fraction of sp³-hybridized carbons (Fsp3) is 0.462. The van der Waals surface area contributed by atoms with Crippen molar-refractivity contribution < 1.29 is 23.8 Å². The van der Waals surface area contributed by atoms with Gasteiger partial charge in [-0.2, -0.15) is 0 Å². The summed E-state index contributed by atoms with van der Waals surface area (Å²) in [4.78, 5) is 28.2. The van der Waals surface area contributed by atoms with Gasteiger partial charge in [0, 0.05) is 18.0 Å². The number of esters is 1. The second-order valence-electron chi connectivity index (χ2n) is 8.73. The zero-order chi connectivity index (χ0) is 23.6. The van der Waals surface area contributed by atoms with Gasteiger partial charge in [-0.15, -0.1) is 0 Å².